The van der Waals surface area contributed by atoms with Gasteiger partial charge < -0.3 is 14.2 Å². The lowest BCUT2D eigenvalue weighted by Crippen LogP contribution is -2.24. The number of benzene rings is 3. The summed E-state index contributed by atoms with van der Waals surface area (Å²) in [5, 5.41) is 4.13. The van der Waals surface area contributed by atoms with Crippen molar-refractivity contribution >= 4 is 11.6 Å². The van der Waals surface area contributed by atoms with E-state index < -0.39 is 0 Å². The molecule has 1 aliphatic heterocycles. The minimum absolute atomic E-state index is 0.0697. The second kappa shape index (κ2) is 8.67. The molecule has 6 nitrogen and oxygen atoms in total. The molecule has 4 aromatic rings. The number of hydrogen-bond donors (Lipinski definition) is 0. The van der Waals surface area contributed by atoms with E-state index in [1.54, 1.807) is 4.90 Å². The van der Waals surface area contributed by atoms with Crippen LogP contribution in [0.15, 0.2) is 83.4 Å². The molecule has 1 aromatic heterocycles. The zero-order chi connectivity index (χ0) is 21.9. The molecule has 1 amide bonds. The predicted molar refractivity (Wildman–Crippen MR) is 121 cm³/mol. The van der Waals surface area contributed by atoms with Crippen molar-refractivity contribution in [3.63, 3.8) is 0 Å². The zero-order valence-corrected chi connectivity index (χ0v) is 17.8. The summed E-state index contributed by atoms with van der Waals surface area (Å²) in [6.45, 7) is 3.07. The maximum atomic E-state index is 12.6. The lowest BCUT2D eigenvalue weighted by molar-refractivity contribution is -0.117. The van der Waals surface area contributed by atoms with Gasteiger partial charge in [0.15, 0.2) is 0 Å². The van der Waals surface area contributed by atoms with Gasteiger partial charge in [0.05, 0.1) is 5.92 Å². The van der Waals surface area contributed by atoms with Gasteiger partial charge in [0.2, 0.25) is 17.6 Å². The predicted octanol–water partition coefficient (Wildman–Crippen LogP) is 5.14. The van der Waals surface area contributed by atoms with Crippen molar-refractivity contribution in [1.82, 2.24) is 10.1 Å². The molecule has 5 rings (SSSR count). The number of rotatable bonds is 6. The highest BCUT2D eigenvalue weighted by Crippen LogP contribution is 2.32. The summed E-state index contributed by atoms with van der Waals surface area (Å²) in [6, 6.07) is 25.6. The van der Waals surface area contributed by atoms with Crippen LogP contribution >= 0.6 is 0 Å². The van der Waals surface area contributed by atoms with Crippen LogP contribution in [-0.2, 0) is 11.4 Å². The molecule has 6 heteroatoms. The van der Waals surface area contributed by atoms with Crippen molar-refractivity contribution in [3.8, 4) is 17.1 Å². The average Bonchev–Trinajstić information content (AvgIpc) is 3.46. The van der Waals surface area contributed by atoms with Gasteiger partial charge in [-0.3, -0.25) is 4.79 Å². The molecule has 1 unspecified atom stereocenters. The normalized spacial score (nSPS) is 15.8. The van der Waals surface area contributed by atoms with Crippen molar-refractivity contribution in [2.24, 2.45) is 0 Å². The Labute approximate surface area is 186 Å². The van der Waals surface area contributed by atoms with E-state index in [1.165, 1.54) is 0 Å². The Morgan fingerprint density at radius 2 is 1.84 bits per heavy atom. The molecule has 2 heterocycles. The van der Waals surface area contributed by atoms with Crippen molar-refractivity contribution in [3.05, 3.63) is 95.9 Å². The van der Waals surface area contributed by atoms with Gasteiger partial charge in [0.25, 0.3) is 0 Å². The minimum Gasteiger partial charge on any atom is -0.489 e. The maximum Gasteiger partial charge on any atom is 0.232 e. The Kier molecular flexibility index (Phi) is 5.42. The molecule has 1 fully saturated rings. The van der Waals surface area contributed by atoms with Gasteiger partial charge >= 0.3 is 0 Å². The van der Waals surface area contributed by atoms with E-state index in [0.717, 1.165) is 28.1 Å². The van der Waals surface area contributed by atoms with Crippen LogP contribution in [0.2, 0.25) is 0 Å². The van der Waals surface area contributed by atoms with E-state index in [-0.39, 0.29) is 11.8 Å². The summed E-state index contributed by atoms with van der Waals surface area (Å²) in [5.74, 6) is 1.73. The first kappa shape index (κ1) is 20.0. The number of aromatic nitrogens is 2. The van der Waals surface area contributed by atoms with Gasteiger partial charge in [-0.15, -0.1) is 0 Å². The van der Waals surface area contributed by atoms with Gasteiger partial charge in [-0.05, 0) is 54.4 Å². The Morgan fingerprint density at radius 3 is 2.62 bits per heavy atom. The number of nitrogens with zero attached hydrogens (tertiary/aromatic N) is 3. The topological polar surface area (TPSA) is 68.5 Å². The van der Waals surface area contributed by atoms with Crippen LogP contribution in [0, 0.1) is 6.92 Å². The fraction of sp³-hybridized carbons (Fsp3) is 0.192. The van der Waals surface area contributed by atoms with Crippen molar-refractivity contribution < 1.29 is 14.1 Å². The Bertz CT molecular complexity index is 1220. The number of carbonyl (C=O) groups excluding carboxylic acids is 1. The number of carbonyl (C=O) groups is 1. The molecule has 3 aromatic carbocycles. The zero-order valence-electron chi connectivity index (χ0n) is 17.8. The molecule has 1 saturated heterocycles. The third-order valence-corrected chi connectivity index (χ3v) is 5.59. The van der Waals surface area contributed by atoms with E-state index in [1.807, 2.05) is 85.8 Å². The third kappa shape index (κ3) is 4.25. The number of amides is 1. The molecule has 1 atom stereocenters. The molecule has 0 aliphatic carbocycles. The second-order valence-electron chi connectivity index (χ2n) is 8.00. The van der Waals surface area contributed by atoms with E-state index in [9.17, 15) is 4.79 Å². The second-order valence-corrected chi connectivity index (χ2v) is 8.00. The number of anilines is 1. The van der Waals surface area contributed by atoms with Crippen LogP contribution < -0.4 is 9.64 Å². The molecule has 0 bridgehead atoms. The summed E-state index contributed by atoms with van der Waals surface area (Å²) in [4.78, 5) is 18.9. The summed E-state index contributed by atoms with van der Waals surface area (Å²) in [5.41, 5.74) is 3.98. The maximum absolute atomic E-state index is 12.6. The van der Waals surface area contributed by atoms with Gasteiger partial charge in [0.1, 0.15) is 12.4 Å². The highest BCUT2D eigenvalue weighted by Gasteiger charge is 2.35. The fourth-order valence-electron chi connectivity index (χ4n) is 3.88. The third-order valence-electron chi connectivity index (χ3n) is 5.59. The SMILES string of the molecule is Cc1cccc(N2CC(c3nc(-c4ccc(OCc5ccccc5)cc4)no3)CC2=O)c1. The van der Waals surface area contributed by atoms with Crippen LogP contribution in [0.25, 0.3) is 11.4 Å². The van der Waals surface area contributed by atoms with Gasteiger partial charge in [-0.25, -0.2) is 0 Å². The first-order valence-electron chi connectivity index (χ1n) is 10.6. The van der Waals surface area contributed by atoms with E-state index in [4.69, 9.17) is 9.26 Å². The van der Waals surface area contributed by atoms with Crippen LogP contribution in [0.1, 0.15) is 29.4 Å². The molecule has 1 aliphatic rings. The standard InChI is InChI=1S/C26H23N3O3/c1-18-6-5-9-22(14-18)29-16-21(15-24(29)30)26-27-25(28-32-26)20-10-12-23(13-11-20)31-17-19-7-3-2-4-8-19/h2-14,21H,15-17H2,1H3. The Hall–Kier alpha value is -3.93. The number of aryl methyl sites for hydroxylation is 1. The summed E-state index contributed by atoms with van der Waals surface area (Å²) >= 11 is 0. The molecular weight excluding hydrogens is 402 g/mol. The van der Waals surface area contributed by atoms with Crippen LogP contribution in [0.4, 0.5) is 5.69 Å². The summed E-state index contributed by atoms with van der Waals surface area (Å²) < 4.78 is 11.4. The first-order valence-corrected chi connectivity index (χ1v) is 10.6. The van der Waals surface area contributed by atoms with Crippen LogP contribution in [0.5, 0.6) is 5.75 Å². The van der Waals surface area contributed by atoms with Crippen molar-refractivity contribution in [1.29, 1.82) is 0 Å². The molecular formula is C26H23N3O3. The highest BCUT2D eigenvalue weighted by atomic mass is 16.5. The van der Waals surface area contributed by atoms with Crippen LogP contribution in [-0.4, -0.2) is 22.6 Å². The molecule has 0 saturated carbocycles. The highest BCUT2D eigenvalue weighted by molar-refractivity contribution is 5.96. The fourth-order valence-corrected chi connectivity index (χ4v) is 3.88. The smallest absolute Gasteiger partial charge is 0.232 e. The summed E-state index contributed by atoms with van der Waals surface area (Å²) in [6.07, 6.45) is 0.363. The molecule has 0 radical (unpaired) electrons. The Morgan fingerprint density at radius 1 is 1.03 bits per heavy atom. The van der Waals surface area contributed by atoms with Gasteiger partial charge in [0, 0.05) is 24.2 Å². The van der Waals surface area contributed by atoms with E-state index in [2.05, 4.69) is 10.1 Å². The molecule has 32 heavy (non-hydrogen) atoms. The Balaban J connectivity index is 1.25. The van der Waals surface area contributed by atoms with E-state index in [0.29, 0.717) is 31.3 Å². The quantitative estimate of drug-likeness (QED) is 0.428. The average molecular weight is 425 g/mol. The lowest BCUT2D eigenvalue weighted by atomic mass is 10.1. The monoisotopic (exact) mass is 425 g/mol. The van der Waals surface area contributed by atoms with Crippen molar-refractivity contribution in [2.75, 3.05) is 11.4 Å². The van der Waals surface area contributed by atoms with Gasteiger partial charge in [-0.2, -0.15) is 4.98 Å². The molecule has 0 spiro atoms. The van der Waals surface area contributed by atoms with Gasteiger partial charge in [-0.1, -0.05) is 47.6 Å². The minimum atomic E-state index is -0.113. The van der Waals surface area contributed by atoms with E-state index >= 15 is 0 Å². The lowest BCUT2D eigenvalue weighted by Gasteiger charge is -2.16. The number of ether oxygens (including phenoxy) is 1. The van der Waals surface area contributed by atoms with Crippen molar-refractivity contribution in [2.45, 2.75) is 25.9 Å². The largest absolute Gasteiger partial charge is 0.489 e. The molecule has 160 valence electrons. The summed E-state index contributed by atoms with van der Waals surface area (Å²) in [7, 11) is 0. The van der Waals surface area contributed by atoms with Crippen LogP contribution in [0.3, 0.4) is 0 Å². The number of hydrogen-bond acceptors (Lipinski definition) is 5. The first-order chi connectivity index (χ1) is 15.7. The molecule has 0 N–H and O–H groups in total.